The van der Waals surface area contributed by atoms with Gasteiger partial charge in [-0.1, -0.05) is 0 Å². The minimum atomic E-state index is -4.53. The lowest BCUT2D eigenvalue weighted by Gasteiger charge is -2.07. The van der Waals surface area contributed by atoms with E-state index in [9.17, 15) is 13.2 Å². The molecule has 0 amide bonds. The third-order valence-electron chi connectivity index (χ3n) is 1.83. The highest BCUT2D eigenvalue weighted by atomic mass is 35.5. The third-order valence-corrected chi connectivity index (χ3v) is 2.00. The summed E-state index contributed by atoms with van der Waals surface area (Å²) in [5, 5.41) is -0.133. The van der Waals surface area contributed by atoms with E-state index >= 15 is 0 Å². The summed E-state index contributed by atoms with van der Waals surface area (Å²) in [5.41, 5.74) is 4.42. The molecule has 0 spiro atoms. The first kappa shape index (κ1) is 10.9. The molecular weight excluding hydrogens is 245 g/mol. The lowest BCUT2D eigenvalue weighted by molar-refractivity contribution is -0.140. The fraction of sp³-hybridized carbons (Fsp3) is 0.125. The number of fused-ring (bicyclic) bond motifs is 1. The van der Waals surface area contributed by atoms with Gasteiger partial charge >= 0.3 is 6.18 Å². The van der Waals surface area contributed by atoms with Gasteiger partial charge in [-0.15, -0.1) is 0 Å². The number of pyridine rings is 1. The third kappa shape index (κ3) is 1.85. The zero-order valence-corrected chi connectivity index (χ0v) is 8.34. The van der Waals surface area contributed by atoms with Crippen molar-refractivity contribution in [3.63, 3.8) is 0 Å². The highest BCUT2D eigenvalue weighted by Gasteiger charge is 2.32. The number of nitrogen functional groups attached to an aromatic ring is 1. The van der Waals surface area contributed by atoms with Gasteiger partial charge in [-0.2, -0.15) is 18.2 Å². The molecule has 0 unspecified atom stereocenters. The summed E-state index contributed by atoms with van der Waals surface area (Å²) >= 11 is 5.50. The minimum absolute atomic E-state index is 0.112. The van der Waals surface area contributed by atoms with Crippen LogP contribution in [0.1, 0.15) is 5.69 Å². The molecule has 0 aliphatic heterocycles. The molecule has 0 aliphatic rings. The lowest BCUT2D eigenvalue weighted by Crippen LogP contribution is -2.09. The zero-order chi connectivity index (χ0) is 11.9. The van der Waals surface area contributed by atoms with Crippen LogP contribution >= 0.6 is 11.6 Å². The number of halogens is 4. The predicted molar refractivity (Wildman–Crippen MR) is 51.8 cm³/mol. The molecule has 0 radical (unpaired) electrons. The molecule has 2 aromatic rings. The highest BCUT2D eigenvalue weighted by molar-refractivity contribution is 6.28. The van der Waals surface area contributed by atoms with Crippen LogP contribution in [-0.4, -0.2) is 15.0 Å². The van der Waals surface area contributed by atoms with E-state index in [1.165, 1.54) is 0 Å². The maximum atomic E-state index is 12.4. The lowest BCUT2D eigenvalue weighted by atomic mass is 10.3. The van der Waals surface area contributed by atoms with E-state index in [0.29, 0.717) is 0 Å². The summed E-state index contributed by atoms with van der Waals surface area (Å²) in [7, 11) is 0. The summed E-state index contributed by atoms with van der Waals surface area (Å²) in [6.45, 7) is 0. The molecule has 8 heteroatoms. The Hall–Kier alpha value is -1.63. The van der Waals surface area contributed by atoms with Crippen molar-refractivity contribution in [3.8, 4) is 0 Å². The van der Waals surface area contributed by atoms with E-state index in [1.54, 1.807) is 0 Å². The molecule has 0 fully saturated rings. The fourth-order valence-electron chi connectivity index (χ4n) is 1.17. The summed E-state index contributed by atoms with van der Waals surface area (Å²) in [6, 6.07) is 1.96. The summed E-state index contributed by atoms with van der Waals surface area (Å²) in [5.74, 6) is -0.180. The zero-order valence-electron chi connectivity index (χ0n) is 7.59. The van der Waals surface area contributed by atoms with Crippen molar-refractivity contribution in [2.45, 2.75) is 6.18 Å². The molecule has 84 valence electrons. The number of anilines is 1. The van der Waals surface area contributed by atoms with E-state index in [4.69, 9.17) is 17.3 Å². The molecule has 4 nitrogen and oxygen atoms in total. The van der Waals surface area contributed by atoms with Gasteiger partial charge in [0.15, 0.2) is 5.82 Å². The molecule has 0 atom stereocenters. The Bertz CT molecular complexity index is 555. The van der Waals surface area contributed by atoms with Crippen LogP contribution in [-0.2, 0) is 6.18 Å². The standard InChI is InChI=1S/C8H4ClF3N4/c9-7-14-3-1-2-4(8(10,11)12)15-5(3)6(13)16-7/h1-2H,(H2,13,14,16). The Balaban J connectivity index is 2.72. The first-order chi connectivity index (χ1) is 7.38. The second-order valence-electron chi connectivity index (χ2n) is 2.94. The van der Waals surface area contributed by atoms with Gasteiger partial charge in [-0.3, -0.25) is 0 Å². The largest absolute Gasteiger partial charge is 0.433 e. The maximum Gasteiger partial charge on any atom is 0.433 e. The van der Waals surface area contributed by atoms with Gasteiger partial charge in [0, 0.05) is 0 Å². The molecule has 0 saturated carbocycles. The first-order valence-corrected chi connectivity index (χ1v) is 4.42. The number of hydrogen-bond donors (Lipinski definition) is 1. The number of nitrogens with zero attached hydrogens (tertiary/aromatic N) is 3. The summed E-state index contributed by atoms with van der Waals surface area (Å²) in [4.78, 5) is 10.6. The van der Waals surface area contributed by atoms with E-state index in [2.05, 4.69) is 15.0 Å². The maximum absolute atomic E-state index is 12.4. The second kappa shape index (κ2) is 3.44. The van der Waals surface area contributed by atoms with Gasteiger partial charge in [-0.25, -0.2) is 9.97 Å². The van der Waals surface area contributed by atoms with Crippen molar-refractivity contribution in [2.24, 2.45) is 0 Å². The van der Waals surface area contributed by atoms with Gasteiger partial charge in [0.2, 0.25) is 5.28 Å². The van der Waals surface area contributed by atoms with Crippen LogP contribution in [0.3, 0.4) is 0 Å². The Morgan fingerprint density at radius 2 is 1.81 bits per heavy atom. The average Bonchev–Trinajstić information content (AvgIpc) is 2.15. The van der Waals surface area contributed by atoms with Crippen LogP contribution in [0.15, 0.2) is 12.1 Å². The highest BCUT2D eigenvalue weighted by Crippen LogP contribution is 2.29. The van der Waals surface area contributed by atoms with Crippen molar-refractivity contribution < 1.29 is 13.2 Å². The van der Waals surface area contributed by atoms with Crippen molar-refractivity contribution in [1.82, 2.24) is 15.0 Å². The molecular formula is C8H4ClF3N4. The predicted octanol–water partition coefficient (Wildman–Crippen LogP) is 2.28. The smallest absolute Gasteiger partial charge is 0.382 e. The van der Waals surface area contributed by atoms with Crippen LogP contribution in [0.4, 0.5) is 19.0 Å². The van der Waals surface area contributed by atoms with Crippen LogP contribution < -0.4 is 5.73 Å². The first-order valence-electron chi connectivity index (χ1n) is 4.05. The average molecular weight is 249 g/mol. The number of aromatic nitrogens is 3. The summed E-state index contributed by atoms with van der Waals surface area (Å²) in [6.07, 6.45) is -4.53. The number of alkyl halides is 3. The Kier molecular flexibility index (Phi) is 2.34. The second-order valence-corrected chi connectivity index (χ2v) is 3.28. The van der Waals surface area contributed by atoms with E-state index in [-0.39, 0.29) is 22.1 Å². The van der Waals surface area contributed by atoms with Crippen molar-refractivity contribution in [1.29, 1.82) is 0 Å². The molecule has 0 bridgehead atoms. The van der Waals surface area contributed by atoms with Gasteiger partial charge in [0.1, 0.15) is 11.2 Å². The monoisotopic (exact) mass is 248 g/mol. The Morgan fingerprint density at radius 3 is 2.44 bits per heavy atom. The van der Waals surface area contributed by atoms with Crippen molar-refractivity contribution >= 4 is 28.5 Å². The van der Waals surface area contributed by atoms with E-state index in [1.807, 2.05) is 0 Å². The molecule has 0 aliphatic carbocycles. The van der Waals surface area contributed by atoms with Gasteiger partial charge in [0.05, 0.1) is 5.52 Å². The molecule has 0 aromatic carbocycles. The molecule has 2 N–H and O–H groups in total. The van der Waals surface area contributed by atoms with E-state index < -0.39 is 11.9 Å². The fourth-order valence-corrected chi connectivity index (χ4v) is 1.35. The Labute approximate surface area is 92.3 Å². The van der Waals surface area contributed by atoms with E-state index in [0.717, 1.165) is 12.1 Å². The SMILES string of the molecule is Nc1nc(Cl)nc2ccc(C(F)(F)F)nc12. The molecule has 2 aromatic heterocycles. The van der Waals surface area contributed by atoms with Crippen molar-refractivity contribution in [3.05, 3.63) is 23.1 Å². The van der Waals surface area contributed by atoms with Gasteiger partial charge < -0.3 is 5.73 Å². The quantitative estimate of drug-likeness (QED) is 0.727. The molecule has 0 saturated heterocycles. The molecule has 16 heavy (non-hydrogen) atoms. The topological polar surface area (TPSA) is 64.7 Å². The number of nitrogens with two attached hydrogens (primary N) is 1. The van der Waals surface area contributed by atoms with Crippen molar-refractivity contribution in [2.75, 3.05) is 5.73 Å². The van der Waals surface area contributed by atoms with Gasteiger partial charge in [0.25, 0.3) is 0 Å². The van der Waals surface area contributed by atoms with Crippen LogP contribution in [0.5, 0.6) is 0 Å². The van der Waals surface area contributed by atoms with Crippen LogP contribution in [0.2, 0.25) is 5.28 Å². The number of rotatable bonds is 0. The normalized spacial score (nSPS) is 12.0. The molecule has 2 rings (SSSR count). The Morgan fingerprint density at radius 1 is 1.12 bits per heavy atom. The summed E-state index contributed by atoms with van der Waals surface area (Å²) < 4.78 is 37.1. The van der Waals surface area contributed by atoms with Crippen LogP contribution in [0.25, 0.3) is 11.0 Å². The van der Waals surface area contributed by atoms with Crippen LogP contribution in [0, 0.1) is 0 Å². The van der Waals surface area contributed by atoms with Gasteiger partial charge in [-0.05, 0) is 23.7 Å². The minimum Gasteiger partial charge on any atom is -0.382 e. The molecule has 2 heterocycles. The number of hydrogen-bond acceptors (Lipinski definition) is 4.